The molecule has 0 aliphatic heterocycles. The lowest BCUT2D eigenvalue weighted by atomic mass is 10.1. The minimum Gasteiger partial charge on any atom is -0.370 e. The number of hydrogen-bond donors (Lipinski definition) is 1. The molecule has 1 aromatic rings. The molecule has 0 heterocycles. The molecule has 7 heteroatoms. The summed E-state index contributed by atoms with van der Waals surface area (Å²) in [6, 6.07) is 3.38. The summed E-state index contributed by atoms with van der Waals surface area (Å²) in [6.45, 7) is 0.614. The van der Waals surface area contributed by atoms with Crippen molar-refractivity contribution in [2.24, 2.45) is 0 Å². The Morgan fingerprint density at radius 3 is 2.58 bits per heavy atom. The number of nitrogens with one attached hydrogen (secondary N) is 1. The highest BCUT2D eigenvalue weighted by Gasteiger charge is 2.28. The largest absolute Gasteiger partial charge is 0.411 e. The van der Waals surface area contributed by atoms with Gasteiger partial charge in [0.05, 0.1) is 12.6 Å². The maximum absolute atomic E-state index is 13.7. The summed E-state index contributed by atoms with van der Waals surface area (Å²) in [6.07, 6.45) is -4.39. The molecule has 0 saturated heterocycles. The molecule has 2 nitrogen and oxygen atoms in total. The van der Waals surface area contributed by atoms with Crippen LogP contribution >= 0.6 is 11.6 Å². The second kappa shape index (κ2) is 7.07. The summed E-state index contributed by atoms with van der Waals surface area (Å²) in [5.74, 6) is -0.575. The third-order valence-electron chi connectivity index (χ3n) is 2.34. The van der Waals surface area contributed by atoms with Crippen molar-refractivity contribution in [2.45, 2.75) is 19.1 Å². The van der Waals surface area contributed by atoms with Crippen LogP contribution in [-0.2, 0) is 4.74 Å². The van der Waals surface area contributed by atoms with E-state index in [4.69, 9.17) is 11.6 Å². The number of alkyl halides is 3. The van der Waals surface area contributed by atoms with Gasteiger partial charge in [0.15, 0.2) is 0 Å². The van der Waals surface area contributed by atoms with Gasteiger partial charge in [0.1, 0.15) is 12.4 Å². The number of benzene rings is 1. The zero-order chi connectivity index (χ0) is 14.5. The van der Waals surface area contributed by atoms with Crippen LogP contribution in [0.1, 0.15) is 18.5 Å². The van der Waals surface area contributed by atoms with Gasteiger partial charge in [0.25, 0.3) is 0 Å². The van der Waals surface area contributed by atoms with Crippen LogP contribution in [-0.4, -0.2) is 25.9 Å². The van der Waals surface area contributed by atoms with Gasteiger partial charge in [0, 0.05) is 10.6 Å². The van der Waals surface area contributed by atoms with Gasteiger partial charge in [-0.15, -0.1) is 0 Å². The van der Waals surface area contributed by atoms with Gasteiger partial charge in [-0.05, 0) is 18.7 Å². The Hall–Kier alpha value is -0.850. The van der Waals surface area contributed by atoms with Crippen molar-refractivity contribution < 1.29 is 22.3 Å². The molecule has 1 unspecified atom stereocenters. The van der Waals surface area contributed by atoms with Crippen molar-refractivity contribution in [3.63, 3.8) is 0 Å². The second-order valence-electron chi connectivity index (χ2n) is 3.91. The Morgan fingerprint density at radius 2 is 2.05 bits per heavy atom. The number of ether oxygens (including phenoxy) is 1. The molecule has 0 fully saturated rings. The maximum atomic E-state index is 13.7. The van der Waals surface area contributed by atoms with E-state index in [-0.39, 0.29) is 17.2 Å². The quantitative estimate of drug-likeness (QED) is 0.809. The molecule has 0 aliphatic rings. The highest BCUT2D eigenvalue weighted by molar-refractivity contribution is 6.30. The highest BCUT2D eigenvalue weighted by atomic mass is 35.5. The fourth-order valence-electron chi connectivity index (χ4n) is 1.58. The Morgan fingerprint density at radius 1 is 1.37 bits per heavy atom. The average molecular weight is 300 g/mol. The number of halogens is 5. The van der Waals surface area contributed by atoms with Gasteiger partial charge in [-0.25, -0.2) is 4.39 Å². The van der Waals surface area contributed by atoms with Crippen molar-refractivity contribution in [2.75, 3.05) is 19.8 Å². The molecule has 0 amide bonds. The lowest BCUT2D eigenvalue weighted by molar-refractivity contribution is -0.175. The van der Waals surface area contributed by atoms with Crippen LogP contribution in [0.5, 0.6) is 0 Å². The lowest BCUT2D eigenvalue weighted by Crippen LogP contribution is -2.28. The molecule has 1 aromatic carbocycles. The van der Waals surface area contributed by atoms with E-state index >= 15 is 0 Å². The van der Waals surface area contributed by atoms with E-state index in [0.29, 0.717) is 6.54 Å². The molecule has 19 heavy (non-hydrogen) atoms. The standard InChI is InChI=1S/C12H14ClF4NO/c1-2-18-11(6-19-7-12(15,16)17)9-4-3-8(13)5-10(9)14/h3-5,11,18H,2,6-7H2,1H3. The van der Waals surface area contributed by atoms with E-state index in [2.05, 4.69) is 10.1 Å². The van der Waals surface area contributed by atoms with Crippen LogP contribution in [0.15, 0.2) is 18.2 Å². The van der Waals surface area contributed by atoms with Gasteiger partial charge in [0.2, 0.25) is 0 Å². The van der Waals surface area contributed by atoms with Crippen LogP contribution < -0.4 is 5.32 Å². The first-order valence-corrected chi connectivity index (χ1v) is 6.04. The molecule has 108 valence electrons. The summed E-state index contributed by atoms with van der Waals surface area (Å²) in [5.41, 5.74) is 0.230. The fourth-order valence-corrected chi connectivity index (χ4v) is 1.74. The monoisotopic (exact) mass is 299 g/mol. The van der Waals surface area contributed by atoms with Crippen LogP contribution in [0.4, 0.5) is 17.6 Å². The minimum absolute atomic E-state index is 0.229. The number of hydrogen-bond acceptors (Lipinski definition) is 2. The molecular formula is C12H14ClF4NO. The number of likely N-dealkylation sites (N-methyl/N-ethyl adjacent to an activating group) is 1. The summed E-state index contributed by atoms with van der Waals surface area (Å²) < 4.78 is 54.2. The fraction of sp³-hybridized carbons (Fsp3) is 0.500. The molecule has 1 rings (SSSR count). The molecule has 0 saturated carbocycles. The SMILES string of the molecule is CCNC(COCC(F)(F)F)c1ccc(Cl)cc1F. The van der Waals surface area contributed by atoms with Crippen LogP contribution in [0.3, 0.4) is 0 Å². The second-order valence-corrected chi connectivity index (χ2v) is 4.34. The van der Waals surface area contributed by atoms with Crippen molar-refractivity contribution in [3.8, 4) is 0 Å². The Kier molecular flexibility index (Phi) is 6.03. The smallest absolute Gasteiger partial charge is 0.370 e. The summed E-state index contributed by atoms with van der Waals surface area (Å²) in [7, 11) is 0. The van der Waals surface area contributed by atoms with E-state index in [9.17, 15) is 17.6 Å². The molecule has 1 N–H and O–H groups in total. The molecule has 1 atom stereocenters. The van der Waals surface area contributed by atoms with Crippen LogP contribution in [0, 0.1) is 5.82 Å². The van der Waals surface area contributed by atoms with Gasteiger partial charge in [-0.2, -0.15) is 13.2 Å². The third kappa shape index (κ3) is 5.76. The normalized spacial score (nSPS) is 13.6. The van der Waals surface area contributed by atoms with Crippen LogP contribution in [0.25, 0.3) is 0 Å². The predicted molar refractivity (Wildman–Crippen MR) is 64.7 cm³/mol. The Bertz CT molecular complexity index is 411. The molecular weight excluding hydrogens is 286 g/mol. The molecule has 0 spiro atoms. The van der Waals surface area contributed by atoms with Crippen molar-refractivity contribution in [3.05, 3.63) is 34.6 Å². The first-order valence-electron chi connectivity index (χ1n) is 5.66. The minimum atomic E-state index is -4.39. The van der Waals surface area contributed by atoms with E-state index in [0.717, 1.165) is 6.07 Å². The van der Waals surface area contributed by atoms with Crippen molar-refractivity contribution in [1.29, 1.82) is 0 Å². The summed E-state index contributed by atoms with van der Waals surface area (Å²) in [4.78, 5) is 0. The maximum Gasteiger partial charge on any atom is 0.411 e. The molecule has 0 aliphatic carbocycles. The number of rotatable bonds is 6. The van der Waals surface area contributed by atoms with E-state index in [1.165, 1.54) is 12.1 Å². The molecule has 0 bridgehead atoms. The summed E-state index contributed by atoms with van der Waals surface area (Å²) in [5, 5.41) is 3.10. The Balaban J connectivity index is 2.71. The molecule has 0 radical (unpaired) electrons. The van der Waals surface area contributed by atoms with Gasteiger partial charge in [-0.1, -0.05) is 24.6 Å². The topological polar surface area (TPSA) is 21.3 Å². The highest BCUT2D eigenvalue weighted by Crippen LogP contribution is 2.22. The first kappa shape index (κ1) is 16.2. The first-order chi connectivity index (χ1) is 8.83. The summed E-state index contributed by atoms with van der Waals surface area (Å²) >= 11 is 5.62. The lowest BCUT2D eigenvalue weighted by Gasteiger charge is -2.19. The van der Waals surface area contributed by atoms with E-state index < -0.39 is 24.6 Å². The van der Waals surface area contributed by atoms with Crippen LogP contribution in [0.2, 0.25) is 5.02 Å². The zero-order valence-corrected chi connectivity index (χ0v) is 11.0. The molecule has 0 aromatic heterocycles. The third-order valence-corrected chi connectivity index (χ3v) is 2.57. The van der Waals surface area contributed by atoms with E-state index in [1.54, 1.807) is 6.92 Å². The van der Waals surface area contributed by atoms with Gasteiger partial charge in [-0.3, -0.25) is 0 Å². The van der Waals surface area contributed by atoms with Gasteiger partial charge >= 0.3 is 6.18 Å². The van der Waals surface area contributed by atoms with Crippen molar-refractivity contribution in [1.82, 2.24) is 5.32 Å². The average Bonchev–Trinajstić information content (AvgIpc) is 2.26. The predicted octanol–water partition coefficient (Wildman–Crippen LogP) is 3.71. The van der Waals surface area contributed by atoms with Crippen molar-refractivity contribution >= 4 is 11.6 Å². The van der Waals surface area contributed by atoms with E-state index in [1.807, 2.05) is 0 Å². The van der Waals surface area contributed by atoms with Gasteiger partial charge < -0.3 is 10.1 Å². The Labute approximate surface area is 113 Å². The zero-order valence-electron chi connectivity index (χ0n) is 10.2.